The number of rotatable bonds is 7. The van der Waals surface area contributed by atoms with Gasteiger partial charge in [0.05, 0.1) is 19.4 Å². The van der Waals surface area contributed by atoms with Gasteiger partial charge in [-0.05, 0) is 42.0 Å². The van der Waals surface area contributed by atoms with Gasteiger partial charge in [-0.15, -0.1) is 5.10 Å². The van der Waals surface area contributed by atoms with E-state index < -0.39 is 0 Å². The van der Waals surface area contributed by atoms with Crippen LogP contribution in [0.5, 0.6) is 5.75 Å². The molecule has 10 heteroatoms. The highest BCUT2D eigenvalue weighted by atomic mass is 32.2. The summed E-state index contributed by atoms with van der Waals surface area (Å²) in [6.45, 7) is 0.399. The smallest absolute Gasteiger partial charge is 0.234 e. The molecule has 0 aliphatic heterocycles. The zero-order valence-corrected chi connectivity index (χ0v) is 16.8. The normalized spacial score (nSPS) is 10.9. The Kier molecular flexibility index (Phi) is 5.84. The number of thioether (sulfide) groups is 1. The van der Waals surface area contributed by atoms with Crippen LogP contribution in [0.15, 0.2) is 59.9 Å². The first-order valence-corrected chi connectivity index (χ1v) is 9.96. The van der Waals surface area contributed by atoms with Gasteiger partial charge in [-0.25, -0.2) is 19.0 Å². The van der Waals surface area contributed by atoms with E-state index in [1.165, 1.54) is 30.2 Å². The fourth-order valence-electron chi connectivity index (χ4n) is 2.75. The second kappa shape index (κ2) is 8.87. The van der Waals surface area contributed by atoms with E-state index in [2.05, 4.69) is 25.6 Å². The minimum Gasteiger partial charge on any atom is -0.497 e. The lowest BCUT2D eigenvalue weighted by Crippen LogP contribution is -2.14. The van der Waals surface area contributed by atoms with Gasteiger partial charge < -0.3 is 10.1 Å². The molecule has 0 aliphatic carbocycles. The van der Waals surface area contributed by atoms with Gasteiger partial charge in [0.2, 0.25) is 5.91 Å². The number of benzene rings is 2. The molecule has 0 atom stereocenters. The largest absolute Gasteiger partial charge is 0.497 e. The molecule has 2 heterocycles. The summed E-state index contributed by atoms with van der Waals surface area (Å²) in [4.78, 5) is 20.8. The van der Waals surface area contributed by atoms with Crippen LogP contribution in [0.1, 0.15) is 5.56 Å². The van der Waals surface area contributed by atoms with Crippen LogP contribution in [-0.4, -0.2) is 43.7 Å². The Hall–Kier alpha value is -3.53. The Bertz CT molecular complexity index is 1160. The third-order valence-electron chi connectivity index (χ3n) is 4.23. The second-order valence-corrected chi connectivity index (χ2v) is 7.25. The quantitative estimate of drug-likeness (QED) is 0.360. The van der Waals surface area contributed by atoms with Crippen molar-refractivity contribution >= 4 is 34.5 Å². The van der Waals surface area contributed by atoms with Gasteiger partial charge in [-0.3, -0.25) is 4.79 Å². The molecule has 0 radical (unpaired) electrons. The molecule has 0 unspecified atom stereocenters. The number of hydrogen-bond acceptors (Lipinski definition) is 7. The van der Waals surface area contributed by atoms with Crippen molar-refractivity contribution in [3.63, 3.8) is 0 Å². The minimum absolute atomic E-state index is 0.156. The molecular formula is C20H17FN6O2S. The summed E-state index contributed by atoms with van der Waals surface area (Å²) in [7, 11) is 1.59. The zero-order chi connectivity index (χ0) is 20.9. The number of aromatic nitrogens is 5. The first-order valence-electron chi connectivity index (χ1n) is 8.98. The maximum Gasteiger partial charge on any atom is 0.234 e. The van der Waals surface area contributed by atoms with Crippen molar-refractivity contribution in [1.82, 2.24) is 25.0 Å². The number of ether oxygens (including phenoxy) is 1. The third kappa shape index (κ3) is 4.54. The molecule has 2 aromatic carbocycles. The summed E-state index contributed by atoms with van der Waals surface area (Å²) in [5.41, 5.74) is 2.61. The highest BCUT2D eigenvalue weighted by molar-refractivity contribution is 8.00. The fourth-order valence-corrected chi connectivity index (χ4v) is 3.48. The van der Waals surface area contributed by atoms with E-state index in [9.17, 15) is 9.18 Å². The molecule has 30 heavy (non-hydrogen) atoms. The summed E-state index contributed by atoms with van der Waals surface area (Å²) in [6.07, 6.45) is 1.41. The van der Waals surface area contributed by atoms with Crippen LogP contribution < -0.4 is 10.1 Å². The number of anilines is 1. The molecule has 152 valence electrons. The van der Waals surface area contributed by atoms with Crippen LogP contribution in [0.4, 0.5) is 10.1 Å². The summed E-state index contributed by atoms with van der Waals surface area (Å²) in [6, 6.07) is 13.2. The molecule has 1 amide bonds. The van der Waals surface area contributed by atoms with Crippen LogP contribution in [0.2, 0.25) is 0 Å². The minimum atomic E-state index is -0.295. The van der Waals surface area contributed by atoms with Gasteiger partial charge in [0, 0.05) is 5.69 Å². The summed E-state index contributed by atoms with van der Waals surface area (Å²) in [5.74, 6) is 0.407. The Morgan fingerprint density at radius 2 is 1.90 bits per heavy atom. The Morgan fingerprint density at radius 3 is 2.63 bits per heavy atom. The molecule has 0 aliphatic rings. The first kappa shape index (κ1) is 19.8. The van der Waals surface area contributed by atoms with Crippen LogP contribution >= 0.6 is 11.8 Å². The van der Waals surface area contributed by atoms with E-state index in [1.807, 2.05) is 0 Å². The molecule has 0 saturated carbocycles. The van der Waals surface area contributed by atoms with Gasteiger partial charge in [-0.1, -0.05) is 29.1 Å². The van der Waals surface area contributed by atoms with E-state index in [0.717, 1.165) is 11.3 Å². The number of nitrogens with zero attached hydrogens (tertiary/aromatic N) is 5. The SMILES string of the molecule is COc1ccc(NC(=O)CSc2ncnc3c2nnn3Cc2ccc(F)cc2)cc1. The fraction of sp³-hybridized carbons (Fsp3) is 0.150. The molecule has 4 rings (SSSR count). The highest BCUT2D eigenvalue weighted by Gasteiger charge is 2.14. The summed E-state index contributed by atoms with van der Waals surface area (Å²) in [5, 5.41) is 11.7. The zero-order valence-electron chi connectivity index (χ0n) is 15.9. The van der Waals surface area contributed by atoms with Gasteiger partial charge in [-0.2, -0.15) is 0 Å². The van der Waals surface area contributed by atoms with E-state index >= 15 is 0 Å². The Labute approximate surface area is 175 Å². The number of carbonyl (C=O) groups is 1. The van der Waals surface area contributed by atoms with E-state index in [4.69, 9.17) is 4.74 Å². The average molecular weight is 424 g/mol. The highest BCUT2D eigenvalue weighted by Crippen LogP contribution is 2.23. The molecule has 0 bridgehead atoms. The van der Waals surface area contributed by atoms with Gasteiger partial charge in [0.15, 0.2) is 11.2 Å². The predicted molar refractivity (Wildman–Crippen MR) is 111 cm³/mol. The summed E-state index contributed by atoms with van der Waals surface area (Å²) < 4.78 is 19.8. The third-order valence-corrected chi connectivity index (χ3v) is 5.20. The maximum absolute atomic E-state index is 13.1. The van der Waals surface area contributed by atoms with Crippen LogP contribution in [0.25, 0.3) is 11.2 Å². The maximum atomic E-state index is 13.1. The number of methoxy groups -OCH3 is 1. The number of halogens is 1. The van der Waals surface area contributed by atoms with Crippen molar-refractivity contribution in [2.75, 3.05) is 18.2 Å². The lowest BCUT2D eigenvalue weighted by Gasteiger charge is -2.06. The van der Waals surface area contributed by atoms with E-state index in [-0.39, 0.29) is 17.5 Å². The molecule has 4 aromatic rings. The lowest BCUT2D eigenvalue weighted by molar-refractivity contribution is -0.113. The van der Waals surface area contributed by atoms with Crippen molar-refractivity contribution in [3.05, 3.63) is 66.2 Å². The number of carbonyl (C=O) groups excluding carboxylic acids is 1. The van der Waals surface area contributed by atoms with Crippen LogP contribution in [0.3, 0.4) is 0 Å². The molecule has 2 aromatic heterocycles. The Morgan fingerprint density at radius 1 is 1.13 bits per heavy atom. The van der Waals surface area contributed by atoms with Crippen molar-refractivity contribution in [1.29, 1.82) is 0 Å². The van der Waals surface area contributed by atoms with Gasteiger partial charge in [0.1, 0.15) is 22.9 Å². The Balaban J connectivity index is 1.43. The topological polar surface area (TPSA) is 94.8 Å². The number of amides is 1. The first-order chi connectivity index (χ1) is 14.6. The van der Waals surface area contributed by atoms with Crippen molar-refractivity contribution in [2.24, 2.45) is 0 Å². The predicted octanol–water partition coefficient (Wildman–Crippen LogP) is 3.15. The standard InChI is InChI=1S/C20H17FN6O2S/c1-29-16-8-6-15(7-9-16)24-17(28)11-30-20-18-19(22-12-23-20)27(26-25-18)10-13-2-4-14(21)5-3-13/h2-9,12H,10-11H2,1H3,(H,24,28). The molecule has 0 saturated heterocycles. The van der Waals surface area contributed by atoms with Crippen molar-refractivity contribution in [3.8, 4) is 5.75 Å². The summed E-state index contributed by atoms with van der Waals surface area (Å²) >= 11 is 1.25. The van der Waals surface area contributed by atoms with Gasteiger partial charge >= 0.3 is 0 Å². The van der Waals surface area contributed by atoms with E-state index in [0.29, 0.717) is 28.4 Å². The molecule has 1 N–H and O–H groups in total. The second-order valence-electron chi connectivity index (χ2n) is 6.29. The number of fused-ring (bicyclic) bond motifs is 1. The molecular weight excluding hydrogens is 407 g/mol. The van der Waals surface area contributed by atoms with Crippen LogP contribution in [0, 0.1) is 5.82 Å². The van der Waals surface area contributed by atoms with Gasteiger partial charge in [0.25, 0.3) is 0 Å². The van der Waals surface area contributed by atoms with Crippen LogP contribution in [-0.2, 0) is 11.3 Å². The monoisotopic (exact) mass is 424 g/mol. The van der Waals surface area contributed by atoms with Crippen molar-refractivity contribution in [2.45, 2.75) is 11.6 Å². The van der Waals surface area contributed by atoms with E-state index in [1.54, 1.807) is 48.2 Å². The number of nitrogens with one attached hydrogen (secondary N) is 1. The molecule has 0 spiro atoms. The average Bonchev–Trinajstić information content (AvgIpc) is 3.18. The number of hydrogen-bond donors (Lipinski definition) is 1. The molecule has 0 fully saturated rings. The lowest BCUT2D eigenvalue weighted by atomic mass is 10.2. The van der Waals surface area contributed by atoms with Crippen molar-refractivity contribution < 1.29 is 13.9 Å². The molecule has 8 nitrogen and oxygen atoms in total.